The van der Waals surface area contributed by atoms with Gasteiger partial charge in [-0.3, -0.25) is 0 Å². The van der Waals surface area contributed by atoms with Gasteiger partial charge >= 0.3 is 41.8 Å². The molecule has 15 nitrogen and oxygen atoms in total. The molecule has 0 aromatic rings. The van der Waals surface area contributed by atoms with Crippen molar-refractivity contribution in [2.24, 2.45) is 0 Å². The Morgan fingerprint density at radius 1 is 0.405 bits per heavy atom. The number of aliphatic hydroxyl groups is 1. The van der Waals surface area contributed by atoms with Crippen molar-refractivity contribution in [1.82, 2.24) is 0 Å². The molecule has 0 rings (SSSR count). The summed E-state index contributed by atoms with van der Waals surface area (Å²) in [5.41, 5.74) is 0. The molecule has 0 aliphatic carbocycles. The first-order valence-corrected chi connectivity index (χ1v) is 11.0. The molecule has 0 unspecified atom stereocenters. The zero-order valence-corrected chi connectivity index (χ0v) is 21.7. The number of rotatable bonds is 13. The molecule has 0 fully saturated rings. The van der Waals surface area contributed by atoms with Gasteiger partial charge in [-0.1, -0.05) is 0 Å². The van der Waals surface area contributed by atoms with E-state index in [1.54, 1.807) is 0 Å². The Balaban J connectivity index is 4.72. The summed E-state index contributed by atoms with van der Waals surface area (Å²) in [6.07, 6.45) is -10.2. The minimum atomic E-state index is -1.54. The number of hydrogen-bond donors (Lipinski definition) is 1. The fourth-order valence-electron chi connectivity index (χ4n) is 2.08. The van der Waals surface area contributed by atoms with Crippen molar-refractivity contribution in [2.75, 3.05) is 7.11 Å². The van der Waals surface area contributed by atoms with E-state index < -0.39 is 84.5 Å². The highest BCUT2D eigenvalue weighted by Gasteiger charge is 2.32. The van der Waals surface area contributed by atoms with Crippen molar-refractivity contribution >= 4 is 41.8 Å². The summed E-state index contributed by atoms with van der Waals surface area (Å²) in [7, 11) is 1.09. The molecule has 0 bridgehead atoms. The number of esters is 7. The van der Waals surface area contributed by atoms with Crippen LogP contribution >= 0.6 is 0 Å². The van der Waals surface area contributed by atoms with E-state index in [0.29, 0.717) is 0 Å². The summed E-state index contributed by atoms with van der Waals surface area (Å²) in [6.45, 7) is 8.07. The summed E-state index contributed by atoms with van der Waals surface area (Å²) in [5.74, 6) is -7.51. The molecule has 1 N–H and O–H groups in total. The van der Waals surface area contributed by atoms with E-state index >= 15 is 0 Å². The quantitative estimate of drug-likeness (QED) is 0.224. The monoisotopic (exact) mass is 536 g/mol. The van der Waals surface area contributed by atoms with Crippen LogP contribution in [0.1, 0.15) is 48.5 Å². The van der Waals surface area contributed by atoms with Crippen LogP contribution in [0.2, 0.25) is 0 Å². The molecule has 15 heteroatoms. The van der Waals surface area contributed by atoms with Gasteiger partial charge in [0.1, 0.15) is 6.10 Å². The maximum Gasteiger partial charge on any atom is 0.347 e. The normalized spacial score (nSPS) is 16.2. The van der Waals surface area contributed by atoms with Crippen LogP contribution in [-0.4, -0.2) is 96.7 Å². The summed E-state index contributed by atoms with van der Waals surface area (Å²) in [4.78, 5) is 82.8. The Kier molecular flexibility index (Phi) is 13.8. The first kappa shape index (κ1) is 33.2. The third kappa shape index (κ3) is 11.7. The summed E-state index contributed by atoms with van der Waals surface area (Å²) < 4.78 is 33.1. The SMILES string of the molecule is COC(=O)[C@H](C)OC(=O)[C@H](C)OC(=O)[C@H](C)OC(=O)[C@@H](C)OC(=O)[C@@H](C)OC(=O)[C@@H](C)OC(=O)[C@@H](C)O. The standard InChI is InChI=1S/C22H32O15/c1-9(23)16(24)32-11(3)18(26)34-13(5)20(28)36-15(7)22(30)37-14(6)21(29)35-12(4)19(27)33-10(2)17(25)31-8/h9-15,23H,1-8H3/t9-,10+,11-,12+,13-,14+,15-/m1/s1. The van der Waals surface area contributed by atoms with E-state index in [0.717, 1.165) is 48.7 Å². The van der Waals surface area contributed by atoms with Crippen molar-refractivity contribution in [2.45, 2.75) is 91.2 Å². The van der Waals surface area contributed by atoms with E-state index in [2.05, 4.69) is 9.47 Å². The van der Waals surface area contributed by atoms with Crippen LogP contribution in [0.5, 0.6) is 0 Å². The first-order valence-electron chi connectivity index (χ1n) is 11.0. The van der Waals surface area contributed by atoms with Crippen LogP contribution in [0.3, 0.4) is 0 Å². The molecule has 0 aromatic heterocycles. The fraction of sp³-hybridized carbons (Fsp3) is 0.682. The maximum absolute atomic E-state index is 12.2. The van der Waals surface area contributed by atoms with E-state index in [4.69, 9.17) is 28.8 Å². The first-order chi connectivity index (χ1) is 17.0. The third-order valence-corrected chi connectivity index (χ3v) is 4.29. The zero-order chi connectivity index (χ0) is 29.0. The summed E-state index contributed by atoms with van der Waals surface area (Å²) in [5, 5.41) is 9.09. The topological polar surface area (TPSA) is 204 Å². The minimum absolute atomic E-state index is 0.823. The van der Waals surface area contributed by atoms with Crippen molar-refractivity contribution in [3.05, 3.63) is 0 Å². The molecule has 0 saturated carbocycles. The Bertz CT molecular complexity index is 864. The highest BCUT2D eigenvalue weighted by atomic mass is 16.7. The van der Waals surface area contributed by atoms with Gasteiger partial charge in [0.25, 0.3) is 0 Å². The molecule has 7 atom stereocenters. The number of carbonyl (C=O) groups is 7. The van der Waals surface area contributed by atoms with Crippen LogP contribution in [0.25, 0.3) is 0 Å². The smallest absolute Gasteiger partial charge is 0.347 e. The number of methoxy groups -OCH3 is 1. The van der Waals surface area contributed by atoms with E-state index in [-0.39, 0.29) is 0 Å². The Morgan fingerprint density at radius 3 is 0.784 bits per heavy atom. The molecule has 0 aromatic carbocycles. The highest BCUT2D eigenvalue weighted by molar-refractivity contribution is 5.87. The van der Waals surface area contributed by atoms with Gasteiger partial charge in [0.2, 0.25) is 0 Å². The summed E-state index contributed by atoms with van der Waals surface area (Å²) >= 11 is 0. The van der Waals surface area contributed by atoms with Crippen molar-refractivity contribution < 1.29 is 71.8 Å². The van der Waals surface area contributed by atoms with Gasteiger partial charge in [-0.15, -0.1) is 0 Å². The molecular formula is C22H32O15. The van der Waals surface area contributed by atoms with Crippen molar-refractivity contribution in [3.63, 3.8) is 0 Å². The predicted octanol–water partition coefficient (Wildman–Crippen LogP) is -0.870. The van der Waals surface area contributed by atoms with Crippen molar-refractivity contribution in [3.8, 4) is 0 Å². The molecule has 37 heavy (non-hydrogen) atoms. The summed E-state index contributed by atoms with van der Waals surface area (Å²) in [6, 6.07) is 0. The maximum atomic E-state index is 12.2. The molecule has 0 radical (unpaired) electrons. The minimum Gasteiger partial charge on any atom is -0.466 e. The van der Waals surface area contributed by atoms with Gasteiger partial charge in [0, 0.05) is 0 Å². The molecule has 0 heterocycles. The van der Waals surface area contributed by atoms with Crippen LogP contribution in [0.15, 0.2) is 0 Å². The third-order valence-electron chi connectivity index (χ3n) is 4.29. The van der Waals surface area contributed by atoms with E-state index in [1.165, 1.54) is 6.92 Å². The van der Waals surface area contributed by atoms with Crippen molar-refractivity contribution in [1.29, 1.82) is 0 Å². The van der Waals surface area contributed by atoms with Gasteiger partial charge in [-0.05, 0) is 48.5 Å². The van der Waals surface area contributed by atoms with Crippen LogP contribution < -0.4 is 0 Å². The molecule has 0 aliphatic rings. The van der Waals surface area contributed by atoms with Gasteiger partial charge in [0.05, 0.1) is 7.11 Å². The van der Waals surface area contributed by atoms with Gasteiger partial charge in [0.15, 0.2) is 36.6 Å². The fourth-order valence-corrected chi connectivity index (χ4v) is 2.08. The number of hydrogen-bond acceptors (Lipinski definition) is 15. The van der Waals surface area contributed by atoms with Gasteiger partial charge in [-0.2, -0.15) is 0 Å². The van der Waals surface area contributed by atoms with Crippen LogP contribution in [0.4, 0.5) is 0 Å². The number of ether oxygens (including phenoxy) is 7. The second-order valence-electron chi connectivity index (χ2n) is 7.67. The lowest BCUT2D eigenvalue weighted by atomic mass is 10.3. The average Bonchev–Trinajstić information content (AvgIpc) is 2.82. The predicted molar refractivity (Wildman–Crippen MR) is 117 cm³/mol. The average molecular weight is 536 g/mol. The lowest BCUT2D eigenvalue weighted by Gasteiger charge is -2.20. The van der Waals surface area contributed by atoms with Crippen LogP contribution in [-0.2, 0) is 66.7 Å². The molecule has 0 aliphatic heterocycles. The Morgan fingerprint density at radius 2 is 0.595 bits per heavy atom. The van der Waals surface area contributed by atoms with E-state index in [9.17, 15) is 33.6 Å². The number of aliphatic hydroxyl groups excluding tert-OH is 1. The van der Waals surface area contributed by atoms with Gasteiger partial charge in [-0.25, -0.2) is 33.6 Å². The molecular weight excluding hydrogens is 504 g/mol. The Labute approximate surface area is 212 Å². The number of carbonyl (C=O) groups excluding carboxylic acids is 7. The zero-order valence-electron chi connectivity index (χ0n) is 21.7. The highest BCUT2D eigenvalue weighted by Crippen LogP contribution is 2.08. The largest absolute Gasteiger partial charge is 0.466 e. The Hall–Kier alpha value is -3.75. The van der Waals surface area contributed by atoms with E-state index in [1.807, 2.05) is 0 Å². The second-order valence-corrected chi connectivity index (χ2v) is 7.67. The van der Waals surface area contributed by atoms with Gasteiger partial charge < -0.3 is 38.3 Å². The molecule has 0 spiro atoms. The molecule has 0 saturated heterocycles. The lowest BCUT2D eigenvalue weighted by Crippen LogP contribution is -2.39. The molecule has 210 valence electrons. The second kappa shape index (κ2) is 15.4. The van der Waals surface area contributed by atoms with Crippen LogP contribution in [0, 0.1) is 0 Å². The lowest BCUT2D eigenvalue weighted by molar-refractivity contribution is -0.188. The molecule has 0 amide bonds.